The Hall–Kier alpha value is -1.93. The Morgan fingerprint density at radius 3 is 2.79 bits per heavy atom. The lowest BCUT2D eigenvalue weighted by Gasteiger charge is -2.13. The Bertz CT molecular complexity index is 415. The number of para-hydroxylation sites is 2. The molecule has 106 valence electrons. The largest absolute Gasteiger partial charge is 0.433 e. The number of rotatable bonds is 6. The molecule has 0 radical (unpaired) electrons. The molecule has 1 aromatic rings. The molecule has 0 spiro atoms. The number of methoxy groups -OCH3 is 1. The van der Waals surface area contributed by atoms with Crippen LogP contribution in [0.15, 0.2) is 29.3 Å². The third-order valence-corrected chi connectivity index (χ3v) is 2.06. The van der Waals surface area contributed by atoms with Crippen LogP contribution < -0.4 is 21.3 Å². The second-order valence-corrected chi connectivity index (χ2v) is 3.37. The van der Waals surface area contributed by atoms with Gasteiger partial charge in [0.1, 0.15) is 5.75 Å². The summed E-state index contributed by atoms with van der Waals surface area (Å²) < 4.78 is 33.7. The van der Waals surface area contributed by atoms with Crippen molar-refractivity contribution in [1.29, 1.82) is 0 Å². The number of benzene rings is 1. The van der Waals surface area contributed by atoms with E-state index in [1.54, 1.807) is 25.3 Å². The van der Waals surface area contributed by atoms with Gasteiger partial charge in [-0.15, -0.1) is 0 Å². The van der Waals surface area contributed by atoms with E-state index < -0.39 is 6.61 Å². The zero-order valence-corrected chi connectivity index (χ0v) is 10.4. The number of halogens is 2. The van der Waals surface area contributed by atoms with Crippen molar-refractivity contribution in [3.8, 4) is 5.75 Å². The minimum Gasteiger partial charge on any atom is -0.433 e. The molecule has 4 N–H and O–H groups in total. The van der Waals surface area contributed by atoms with Gasteiger partial charge in [-0.1, -0.05) is 12.1 Å². The van der Waals surface area contributed by atoms with Crippen molar-refractivity contribution in [2.75, 3.05) is 25.6 Å². The number of guanidine groups is 1. The highest BCUT2D eigenvalue weighted by Crippen LogP contribution is 2.25. The summed E-state index contributed by atoms with van der Waals surface area (Å²) in [6.07, 6.45) is 0. The van der Waals surface area contributed by atoms with Crippen LogP contribution in [0, 0.1) is 0 Å². The molecular weight excluding hydrogens is 258 g/mol. The number of ether oxygens (including phenoxy) is 2. The second kappa shape index (κ2) is 8.22. The zero-order valence-electron chi connectivity index (χ0n) is 10.4. The molecule has 8 heteroatoms. The van der Waals surface area contributed by atoms with Gasteiger partial charge < -0.3 is 14.8 Å². The van der Waals surface area contributed by atoms with Crippen LogP contribution in [0.2, 0.25) is 0 Å². The van der Waals surface area contributed by atoms with Crippen LogP contribution in [-0.2, 0) is 4.74 Å². The topological polar surface area (TPSA) is 80.9 Å². The molecule has 0 atom stereocenters. The molecule has 0 unspecified atom stereocenters. The fraction of sp³-hybridized carbons (Fsp3) is 0.364. The van der Waals surface area contributed by atoms with Gasteiger partial charge in [-0.3, -0.25) is 5.43 Å². The lowest BCUT2D eigenvalue weighted by Crippen LogP contribution is -2.36. The molecule has 6 nitrogen and oxygen atoms in total. The molecule has 0 heterocycles. The van der Waals surface area contributed by atoms with E-state index in [2.05, 4.69) is 20.5 Å². The quantitative estimate of drug-likeness (QED) is 0.238. The number of aliphatic imine (C=N–C) groups is 1. The predicted octanol–water partition coefficient (Wildman–Crippen LogP) is 1.17. The number of nitrogens with two attached hydrogens (primary N) is 1. The van der Waals surface area contributed by atoms with Crippen molar-refractivity contribution in [2.45, 2.75) is 6.61 Å². The fourth-order valence-corrected chi connectivity index (χ4v) is 1.27. The van der Waals surface area contributed by atoms with Crippen LogP contribution in [0.3, 0.4) is 0 Å². The van der Waals surface area contributed by atoms with Crippen molar-refractivity contribution in [2.24, 2.45) is 10.8 Å². The van der Waals surface area contributed by atoms with E-state index in [9.17, 15) is 8.78 Å². The molecule has 0 amide bonds. The van der Waals surface area contributed by atoms with Gasteiger partial charge in [0.2, 0.25) is 5.96 Å². The lowest BCUT2D eigenvalue weighted by molar-refractivity contribution is -0.0493. The zero-order chi connectivity index (χ0) is 14.1. The first kappa shape index (κ1) is 15.1. The Labute approximate surface area is 109 Å². The monoisotopic (exact) mass is 274 g/mol. The maximum atomic E-state index is 12.2. The number of nitrogens with zero attached hydrogens (tertiary/aromatic N) is 1. The van der Waals surface area contributed by atoms with Gasteiger partial charge in [0, 0.05) is 7.11 Å². The van der Waals surface area contributed by atoms with Crippen LogP contribution in [-0.4, -0.2) is 32.8 Å². The highest BCUT2D eigenvalue weighted by atomic mass is 19.3. The van der Waals surface area contributed by atoms with Crippen molar-refractivity contribution >= 4 is 11.6 Å². The molecule has 1 aromatic carbocycles. The summed E-state index contributed by atoms with van der Waals surface area (Å²) in [5.41, 5.74) is 2.66. The van der Waals surface area contributed by atoms with E-state index in [0.717, 1.165) is 0 Å². The SMILES string of the molecule is COCCN=C(NN)Nc1ccccc1OC(F)F. The Morgan fingerprint density at radius 1 is 1.42 bits per heavy atom. The number of hydrazine groups is 1. The molecule has 0 saturated heterocycles. The third kappa shape index (κ3) is 5.49. The van der Waals surface area contributed by atoms with E-state index >= 15 is 0 Å². The van der Waals surface area contributed by atoms with Crippen LogP contribution >= 0.6 is 0 Å². The molecule has 0 aliphatic carbocycles. The van der Waals surface area contributed by atoms with E-state index in [1.165, 1.54) is 6.07 Å². The number of hydrogen-bond acceptors (Lipinski definition) is 4. The van der Waals surface area contributed by atoms with Gasteiger partial charge >= 0.3 is 6.61 Å². The average Bonchev–Trinajstić information content (AvgIpc) is 2.39. The Balaban J connectivity index is 2.76. The lowest BCUT2D eigenvalue weighted by atomic mass is 10.3. The first-order valence-electron chi connectivity index (χ1n) is 5.48. The van der Waals surface area contributed by atoms with Gasteiger partial charge in [-0.05, 0) is 12.1 Å². The first-order valence-corrected chi connectivity index (χ1v) is 5.48. The predicted molar refractivity (Wildman–Crippen MR) is 68.2 cm³/mol. The number of alkyl halides is 2. The van der Waals surface area contributed by atoms with Gasteiger partial charge in [0.05, 0.1) is 18.8 Å². The molecule has 0 aliphatic rings. The molecule has 0 fully saturated rings. The van der Waals surface area contributed by atoms with Crippen LogP contribution in [0.1, 0.15) is 0 Å². The van der Waals surface area contributed by atoms with Crippen molar-refractivity contribution < 1.29 is 18.3 Å². The molecule has 19 heavy (non-hydrogen) atoms. The molecular formula is C11H16F2N4O2. The molecule has 0 bridgehead atoms. The minimum atomic E-state index is -2.90. The normalized spacial score (nSPS) is 11.5. The third-order valence-electron chi connectivity index (χ3n) is 2.06. The van der Waals surface area contributed by atoms with Crippen LogP contribution in [0.5, 0.6) is 5.75 Å². The summed E-state index contributed by atoms with van der Waals surface area (Å²) in [6, 6.07) is 6.24. The van der Waals surface area contributed by atoms with Crippen LogP contribution in [0.4, 0.5) is 14.5 Å². The van der Waals surface area contributed by atoms with Crippen molar-refractivity contribution in [3.05, 3.63) is 24.3 Å². The number of nitrogens with one attached hydrogen (secondary N) is 2. The number of anilines is 1. The summed E-state index contributed by atoms with van der Waals surface area (Å²) in [4.78, 5) is 4.05. The fourth-order valence-electron chi connectivity index (χ4n) is 1.27. The minimum absolute atomic E-state index is 0.00666. The Kier molecular flexibility index (Phi) is 6.55. The summed E-state index contributed by atoms with van der Waals surface area (Å²) in [5.74, 6) is 5.51. The number of hydrogen-bond donors (Lipinski definition) is 3. The van der Waals surface area contributed by atoms with Gasteiger partial charge in [-0.25, -0.2) is 10.8 Å². The van der Waals surface area contributed by atoms with E-state index in [0.29, 0.717) is 18.8 Å². The van der Waals surface area contributed by atoms with Crippen LogP contribution in [0.25, 0.3) is 0 Å². The summed E-state index contributed by atoms with van der Waals surface area (Å²) in [7, 11) is 1.55. The molecule has 0 aromatic heterocycles. The maximum Gasteiger partial charge on any atom is 0.387 e. The highest BCUT2D eigenvalue weighted by molar-refractivity contribution is 5.94. The van der Waals surface area contributed by atoms with Gasteiger partial charge in [-0.2, -0.15) is 8.78 Å². The molecule has 1 rings (SSSR count). The highest BCUT2D eigenvalue weighted by Gasteiger charge is 2.10. The van der Waals surface area contributed by atoms with E-state index in [4.69, 9.17) is 10.6 Å². The van der Waals surface area contributed by atoms with Gasteiger partial charge in [0.15, 0.2) is 0 Å². The molecule has 0 saturated carbocycles. The van der Waals surface area contributed by atoms with E-state index in [1.807, 2.05) is 0 Å². The molecule has 0 aliphatic heterocycles. The van der Waals surface area contributed by atoms with Crippen molar-refractivity contribution in [1.82, 2.24) is 5.43 Å². The smallest absolute Gasteiger partial charge is 0.387 e. The average molecular weight is 274 g/mol. The summed E-state index contributed by atoms with van der Waals surface area (Å²) in [6.45, 7) is -2.11. The summed E-state index contributed by atoms with van der Waals surface area (Å²) >= 11 is 0. The van der Waals surface area contributed by atoms with E-state index in [-0.39, 0.29) is 11.7 Å². The maximum absolute atomic E-state index is 12.2. The van der Waals surface area contributed by atoms with Crippen molar-refractivity contribution in [3.63, 3.8) is 0 Å². The second-order valence-electron chi connectivity index (χ2n) is 3.37. The Morgan fingerprint density at radius 2 is 2.16 bits per heavy atom. The standard InChI is InChI=1S/C11H16F2N4O2/c1-18-7-6-15-11(17-14)16-8-4-2-3-5-9(8)19-10(12)13/h2-5,10H,6-7,14H2,1H3,(H2,15,16,17). The summed E-state index contributed by atoms with van der Waals surface area (Å²) in [5, 5.41) is 2.76. The van der Waals surface area contributed by atoms with Gasteiger partial charge in [0.25, 0.3) is 0 Å². The first-order chi connectivity index (χ1) is 9.17.